The van der Waals surface area contributed by atoms with Crippen LogP contribution in [-0.4, -0.2) is 28.2 Å². The first-order valence-electron chi connectivity index (χ1n) is 9.70. The number of amides is 1. The Morgan fingerprint density at radius 2 is 2.03 bits per heavy atom. The van der Waals surface area contributed by atoms with Gasteiger partial charge in [-0.3, -0.25) is 4.79 Å². The molecule has 4 rings (SSSR count). The average molecular weight is 423 g/mol. The van der Waals surface area contributed by atoms with Gasteiger partial charge in [0.05, 0.1) is 18.2 Å². The number of aromatic nitrogens is 2. The summed E-state index contributed by atoms with van der Waals surface area (Å²) in [7, 11) is 0. The van der Waals surface area contributed by atoms with Crippen LogP contribution in [0.15, 0.2) is 29.6 Å². The molecule has 0 saturated carbocycles. The molecular formula is C22H22N4OS2. The molecule has 29 heavy (non-hydrogen) atoms. The van der Waals surface area contributed by atoms with Gasteiger partial charge in [0.15, 0.2) is 0 Å². The lowest BCUT2D eigenvalue weighted by molar-refractivity contribution is -0.116. The molecule has 3 aromatic rings. The zero-order valence-electron chi connectivity index (χ0n) is 16.6. The summed E-state index contributed by atoms with van der Waals surface area (Å²) < 4.78 is 0. The maximum atomic E-state index is 13.1. The van der Waals surface area contributed by atoms with Crippen LogP contribution >= 0.6 is 23.1 Å². The summed E-state index contributed by atoms with van der Waals surface area (Å²) in [4.78, 5) is 26.2. The van der Waals surface area contributed by atoms with Crippen LogP contribution in [0.3, 0.4) is 0 Å². The number of hydrogen-bond donors (Lipinski definition) is 0. The molecule has 2 aromatic heterocycles. The zero-order valence-corrected chi connectivity index (χ0v) is 18.2. The second-order valence-electron chi connectivity index (χ2n) is 7.30. The van der Waals surface area contributed by atoms with Crippen molar-refractivity contribution in [2.75, 3.05) is 17.2 Å². The molecule has 0 atom stereocenters. The van der Waals surface area contributed by atoms with E-state index in [0.29, 0.717) is 13.0 Å². The molecule has 148 valence electrons. The molecule has 1 aliphatic carbocycles. The number of nitriles is 1. The first kappa shape index (κ1) is 19.9. The van der Waals surface area contributed by atoms with Gasteiger partial charge in [-0.2, -0.15) is 5.26 Å². The standard InChI is InChI=1S/C22H22N4OS2/c1-14-9-15(2)11-16(10-14)26(8-4-7-23)19(27)12-28-21-20-17-5-3-6-18(17)29-22(20)25-13-24-21/h9-11,13H,3-6,8,12H2,1-2H3. The molecule has 2 heterocycles. The first-order chi connectivity index (χ1) is 14.1. The van der Waals surface area contributed by atoms with Crippen molar-refractivity contribution < 1.29 is 4.79 Å². The molecule has 7 heteroatoms. The van der Waals surface area contributed by atoms with E-state index in [1.54, 1.807) is 22.6 Å². The number of fused-ring (bicyclic) bond motifs is 3. The third-order valence-corrected chi connectivity index (χ3v) is 7.24. The minimum absolute atomic E-state index is 0.00566. The van der Waals surface area contributed by atoms with E-state index >= 15 is 0 Å². The van der Waals surface area contributed by atoms with Crippen molar-refractivity contribution in [1.29, 1.82) is 5.26 Å². The summed E-state index contributed by atoms with van der Waals surface area (Å²) in [5.41, 5.74) is 4.44. The fourth-order valence-electron chi connectivity index (χ4n) is 3.88. The molecule has 0 spiro atoms. The number of anilines is 1. The van der Waals surface area contributed by atoms with Crippen LogP contribution in [0.4, 0.5) is 5.69 Å². The maximum absolute atomic E-state index is 13.1. The number of nitrogens with zero attached hydrogens (tertiary/aromatic N) is 4. The van der Waals surface area contributed by atoms with E-state index < -0.39 is 0 Å². The van der Waals surface area contributed by atoms with Crippen LogP contribution < -0.4 is 4.90 Å². The maximum Gasteiger partial charge on any atom is 0.237 e. The van der Waals surface area contributed by atoms with E-state index in [-0.39, 0.29) is 11.7 Å². The second kappa shape index (κ2) is 8.52. The predicted octanol–water partition coefficient (Wildman–Crippen LogP) is 4.84. The molecule has 1 amide bonds. The molecule has 0 aliphatic heterocycles. The summed E-state index contributed by atoms with van der Waals surface area (Å²) in [6.45, 7) is 4.44. The van der Waals surface area contributed by atoms with Gasteiger partial charge in [-0.05, 0) is 61.9 Å². The molecule has 0 unspecified atom stereocenters. The van der Waals surface area contributed by atoms with Crippen molar-refractivity contribution in [2.24, 2.45) is 0 Å². The van der Waals surface area contributed by atoms with Crippen LogP contribution in [0, 0.1) is 25.2 Å². The van der Waals surface area contributed by atoms with Crippen molar-refractivity contribution in [3.05, 3.63) is 46.1 Å². The Morgan fingerprint density at radius 1 is 1.24 bits per heavy atom. The summed E-state index contributed by atoms with van der Waals surface area (Å²) >= 11 is 3.23. The number of aryl methyl sites for hydroxylation is 4. The Hall–Kier alpha value is -2.43. The molecular weight excluding hydrogens is 400 g/mol. The Bertz CT molecular complexity index is 1100. The fourth-order valence-corrected chi connectivity index (χ4v) is 6.08. The zero-order chi connectivity index (χ0) is 20.4. The number of thioether (sulfide) groups is 1. The van der Waals surface area contributed by atoms with E-state index in [2.05, 4.69) is 22.1 Å². The quantitative estimate of drug-likeness (QED) is 0.420. The third kappa shape index (κ3) is 4.14. The van der Waals surface area contributed by atoms with Gasteiger partial charge < -0.3 is 4.90 Å². The lowest BCUT2D eigenvalue weighted by atomic mass is 10.1. The largest absolute Gasteiger partial charge is 0.311 e. The fraction of sp³-hybridized carbons (Fsp3) is 0.364. The highest BCUT2D eigenvalue weighted by atomic mass is 32.2. The van der Waals surface area contributed by atoms with Gasteiger partial charge in [0.1, 0.15) is 16.2 Å². The summed E-state index contributed by atoms with van der Waals surface area (Å²) in [5.74, 6) is 0.281. The lowest BCUT2D eigenvalue weighted by Crippen LogP contribution is -2.33. The number of rotatable bonds is 6. The average Bonchev–Trinajstić information content (AvgIpc) is 3.27. The number of benzene rings is 1. The van der Waals surface area contributed by atoms with Gasteiger partial charge >= 0.3 is 0 Å². The van der Waals surface area contributed by atoms with Crippen LogP contribution in [0.1, 0.15) is 34.4 Å². The van der Waals surface area contributed by atoms with Crippen LogP contribution in [0.25, 0.3) is 10.2 Å². The van der Waals surface area contributed by atoms with Crippen molar-refractivity contribution in [3.63, 3.8) is 0 Å². The summed E-state index contributed by atoms with van der Waals surface area (Å²) in [6, 6.07) is 8.24. The monoisotopic (exact) mass is 422 g/mol. The van der Waals surface area contributed by atoms with Crippen LogP contribution in [-0.2, 0) is 17.6 Å². The van der Waals surface area contributed by atoms with E-state index in [0.717, 1.165) is 44.9 Å². The van der Waals surface area contributed by atoms with E-state index in [1.165, 1.54) is 28.6 Å². The molecule has 0 radical (unpaired) electrons. The minimum atomic E-state index is -0.00566. The van der Waals surface area contributed by atoms with E-state index in [9.17, 15) is 4.79 Å². The van der Waals surface area contributed by atoms with Crippen LogP contribution in [0.5, 0.6) is 0 Å². The molecule has 0 fully saturated rings. The van der Waals surface area contributed by atoms with Gasteiger partial charge in [0, 0.05) is 22.5 Å². The number of carbonyl (C=O) groups is 1. The van der Waals surface area contributed by atoms with E-state index in [4.69, 9.17) is 5.26 Å². The molecule has 0 N–H and O–H groups in total. The first-order valence-corrected chi connectivity index (χ1v) is 11.5. The molecule has 1 aromatic carbocycles. The minimum Gasteiger partial charge on any atom is -0.311 e. The van der Waals surface area contributed by atoms with Crippen molar-refractivity contribution in [3.8, 4) is 6.07 Å². The van der Waals surface area contributed by atoms with Crippen molar-refractivity contribution in [2.45, 2.75) is 44.6 Å². The summed E-state index contributed by atoms with van der Waals surface area (Å²) in [5, 5.41) is 11.1. The lowest BCUT2D eigenvalue weighted by Gasteiger charge is -2.22. The Kier molecular flexibility index (Phi) is 5.84. The highest BCUT2D eigenvalue weighted by Gasteiger charge is 2.23. The van der Waals surface area contributed by atoms with Crippen LogP contribution in [0.2, 0.25) is 0 Å². The van der Waals surface area contributed by atoms with Gasteiger partial charge in [-0.25, -0.2) is 9.97 Å². The van der Waals surface area contributed by atoms with Crippen molar-refractivity contribution >= 4 is 44.9 Å². The molecule has 5 nitrogen and oxygen atoms in total. The summed E-state index contributed by atoms with van der Waals surface area (Å²) in [6.07, 6.45) is 5.27. The Morgan fingerprint density at radius 3 is 2.79 bits per heavy atom. The molecule has 0 saturated heterocycles. The van der Waals surface area contributed by atoms with Crippen molar-refractivity contribution in [1.82, 2.24) is 9.97 Å². The van der Waals surface area contributed by atoms with Gasteiger partial charge in [-0.1, -0.05) is 17.8 Å². The Balaban J connectivity index is 1.57. The predicted molar refractivity (Wildman–Crippen MR) is 119 cm³/mol. The van der Waals surface area contributed by atoms with Gasteiger partial charge in [0.2, 0.25) is 5.91 Å². The Labute approximate surface area is 178 Å². The number of carbonyl (C=O) groups excluding carboxylic acids is 1. The van der Waals surface area contributed by atoms with E-state index in [1.807, 2.05) is 26.0 Å². The second-order valence-corrected chi connectivity index (χ2v) is 9.35. The highest BCUT2D eigenvalue weighted by Crippen LogP contribution is 2.40. The topological polar surface area (TPSA) is 69.9 Å². The third-order valence-electron chi connectivity index (χ3n) is 5.07. The van der Waals surface area contributed by atoms with Gasteiger partial charge in [0.25, 0.3) is 0 Å². The number of thiophene rings is 1. The molecule has 1 aliphatic rings. The normalized spacial score (nSPS) is 12.7. The SMILES string of the molecule is Cc1cc(C)cc(N(CCC#N)C(=O)CSc2ncnc3sc4c(c23)CCC4)c1. The highest BCUT2D eigenvalue weighted by molar-refractivity contribution is 8.00. The number of hydrogen-bond acceptors (Lipinski definition) is 6. The molecule has 0 bridgehead atoms. The van der Waals surface area contributed by atoms with Gasteiger partial charge in [-0.15, -0.1) is 11.3 Å². The smallest absolute Gasteiger partial charge is 0.237 e.